The summed E-state index contributed by atoms with van der Waals surface area (Å²) in [6, 6.07) is 12.1. The molecule has 0 bridgehead atoms. The van der Waals surface area contributed by atoms with Gasteiger partial charge in [-0.3, -0.25) is 14.9 Å². The number of carbonyl (C=O) groups excluding carboxylic acids is 1. The van der Waals surface area contributed by atoms with Crippen molar-refractivity contribution in [3.63, 3.8) is 0 Å². The zero-order valence-electron chi connectivity index (χ0n) is 16.3. The van der Waals surface area contributed by atoms with Gasteiger partial charge in [0.05, 0.1) is 31.7 Å². The average molecular weight is 419 g/mol. The summed E-state index contributed by atoms with van der Waals surface area (Å²) in [7, 11) is 1.63. The first kappa shape index (κ1) is 21.1. The number of halogens is 1. The van der Waals surface area contributed by atoms with Crippen LogP contribution in [-0.4, -0.2) is 37.6 Å². The van der Waals surface area contributed by atoms with Crippen LogP contribution in [0.5, 0.6) is 5.75 Å². The van der Waals surface area contributed by atoms with Crippen LogP contribution in [-0.2, 0) is 0 Å². The van der Waals surface area contributed by atoms with Gasteiger partial charge < -0.3 is 15.0 Å². The fourth-order valence-electron chi connectivity index (χ4n) is 3.78. The van der Waals surface area contributed by atoms with E-state index in [1.54, 1.807) is 7.11 Å². The van der Waals surface area contributed by atoms with Gasteiger partial charge in [-0.05, 0) is 55.7 Å². The third-order valence-electron chi connectivity index (χ3n) is 5.38. The van der Waals surface area contributed by atoms with E-state index in [-0.39, 0.29) is 28.2 Å². The Morgan fingerprint density at radius 1 is 1.21 bits per heavy atom. The third-order valence-corrected chi connectivity index (χ3v) is 5.70. The van der Waals surface area contributed by atoms with Gasteiger partial charge in [0.1, 0.15) is 16.8 Å². The van der Waals surface area contributed by atoms with Gasteiger partial charge >= 0.3 is 0 Å². The van der Waals surface area contributed by atoms with Gasteiger partial charge in [-0.25, -0.2) is 0 Å². The summed E-state index contributed by atoms with van der Waals surface area (Å²) in [6.07, 6.45) is 3.57. The number of piperidine rings is 1. The molecule has 154 valence electrons. The van der Waals surface area contributed by atoms with Crippen LogP contribution in [0.15, 0.2) is 42.5 Å². The molecule has 7 nitrogen and oxygen atoms in total. The van der Waals surface area contributed by atoms with E-state index >= 15 is 0 Å². The summed E-state index contributed by atoms with van der Waals surface area (Å²) in [5, 5.41) is 14.0. The highest BCUT2D eigenvalue weighted by atomic mass is 35.5. The summed E-state index contributed by atoms with van der Waals surface area (Å²) in [6.45, 7) is 2.55. The fourth-order valence-corrected chi connectivity index (χ4v) is 3.97. The van der Waals surface area contributed by atoms with Crippen LogP contribution < -0.4 is 15.0 Å². The molecule has 0 radical (unpaired) electrons. The average Bonchev–Trinajstić information content (AvgIpc) is 2.75. The Morgan fingerprint density at radius 3 is 2.52 bits per heavy atom. The monoisotopic (exact) mass is 418 g/mol. The minimum absolute atomic E-state index is 0.0143. The van der Waals surface area contributed by atoms with Crippen molar-refractivity contribution in [3.8, 4) is 5.75 Å². The quantitative estimate of drug-likeness (QED) is 0.534. The molecule has 1 amide bonds. The number of nitrogens with zero attached hydrogens (tertiary/aromatic N) is 1. The zero-order chi connectivity index (χ0) is 20.8. The summed E-state index contributed by atoms with van der Waals surface area (Å²) < 4.78 is 5.25. The number of nitrogens with one attached hydrogen (secondary N) is 2. The number of rotatable bonds is 7. The molecule has 3 rings (SSSR count). The number of quaternary nitrogens is 1. The lowest BCUT2D eigenvalue weighted by molar-refractivity contribution is -0.935. The Labute approximate surface area is 174 Å². The minimum atomic E-state index is -0.586. The van der Waals surface area contributed by atoms with Gasteiger partial charge in [0.15, 0.2) is 0 Å². The SMILES string of the molecule is COc1ccc([C@@H](CNC(=O)c2ccc(Cl)c([N+](=O)[O-])c2)[NH+]2CCCCC2)cc1. The molecule has 0 aliphatic carbocycles. The molecule has 1 aliphatic rings. The molecule has 1 atom stereocenters. The molecule has 1 saturated heterocycles. The van der Waals surface area contributed by atoms with Crippen LogP contribution >= 0.6 is 11.6 Å². The van der Waals surface area contributed by atoms with E-state index in [0.717, 1.165) is 24.4 Å². The maximum Gasteiger partial charge on any atom is 0.288 e. The fraction of sp³-hybridized carbons (Fsp3) is 0.381. The van der Waals surface area contributed by atoms with E-state index < -0.39 is 4.92 Å². The van der Waals surface area contributed by atoms with Crippen molar-refractivity contribution in [2.24, 2.45) is 0 Å². The second-order valence-corrected chi connectivity index (χ2v) is 7.59. The molecule has 0 aromatic heterocycles. The maximum absolute atomic E-state index is 12.6. The number of hydrogen-bond acceptors (Lipinski definition) is 4. The number of hydrogen-bond donors (Lipinski definition) is 2. The van der Waals surface area contributed by atoms with Crippen molar-refractivity contribution in [1.82, 2.24) is 5.32 Å². The molecule has 0 saturated carbocycles. The molecule has 1 aliphatic heterocycles. The van der Waals surface area contributed by atoms with Crippen LogP contribution in [0.2, 0.25) is 5.02 Å². The Morgan fingerprint density at radius 2 is 1.90 bits per heavy atom. The molecular weight excluding hydrogens is 394 g/mol. The number of likely N-dealkylation sites (tertiary alicyclic amines) is 1. The van der Waals surface area contributed by atoms with E-state index in [1.807, 2.05) is 24.3 Å². The lowest BCUT2D eigenvalue weighted by Crippen LogP contribution is -3.13. The number of carbonyl (C=O) groups is 1. The Balaban J connectivity index is 1.76. The van der Waals surface area contributed by atoms with Gasteiger partial charge in [-0.15, -0.1) is 0 Å². The molecule has 2 aromatic carbocycles. The van der Waals surface area contributed by atoms with E-state index in [4.69, 9.17) is 16.3 Å². The van der Waals surface area contributed by atoms with Crippen LogP contribution in [0.4, 0.5) is 5.69 Å². The Hall–Kier alpha value is -2.64. The van der Waals surface area contributed by atoms with Crippen LogP contribution in [0.25, 0.3) is 0 Å². The van der Waals surface area contributed by atoms with Crippen molar-refractivity contribution in [2.45, 2.75) is 25.3 Å². The van der Waals surface area contributed by atoms with E-state index in [1.165, 1.54) is 42.4 Å². The minimum Gasteiger partial charge on any atom is -0.497 e. The zero-order valence-corrected chi connectivity index (χ0v) is 17.1. The molecule has 0 unspecified atom stereocenters. The third kappa shape index (κ3) is 5.25. The van der Waals surface area contributed by atoms with Crippen molar-refractivity contribution in [3.05, 3.63) is 68.7 Å². The lowest BCUT2D eigenvalue weighted by atomic mass is 10.0. The highest BCUT2D eigenvalue weighted by molar-refractivity contribution is 6.32. The van der Waals surface area contributed by atoms with E-state index in [9.17, 15) is 14.9 Å². The lowest BCUT2D eigenvalue weighted by Gasteiger charge is -2.32. The summed E-state index contributed by atoms with van der Waals surface area (Å²) >= 11 is 5.84. The second-order valence-electron chi connectivity index (χ2n) is 7.18. The van der Waals surface area contributed by atoms with Crippen molar-refractivity contribution < 1.29 is 19.4 Å². The Bertz CT molecular complexity index is 867. The van der Waals surface area contributed by atoms with Crippen molar-refractivity contribution in [2.75, 3.05) is 26.7 Å². The van der Waals surface area contributed by atoms with Crippen molar-refractivity contribution in [1.29, 1.82) is 0 Å². The number of benzene rings is 2. The smallest absolute Gasteiger partial charge is 0.288 e. The molecule has 8 heteroatoms. The topological polar surface area (TPSA) is 85.9 Å². The van der Waals surface area contributed by atoms with Crippen LogP contribution in [0.1, 0.15) is 41.2 Å². The number of nitro groups is 1. The summed E-state index contributed by atoms with van der Waals surface area (Å²) in [5.41, 5.74) is 1.08. The number of ether oxygens (including phenoxy) is 1. The molecule has 2 aromatic rings. The maximum atomic E-state index is 12.6. The number of methoxy groups -OCH3 is 1. The molecule has 1 fully saturated rings. The molecule has 1 heterocycles. The number of nitro benzene ring substituents is 1. The summed E-state index contributed by atoms with van der Waals surface area (Å²) in [4.78, 5) is 24.6. The van der Waals surface area contributed by atoms with E-state index in [2.05, 4.69) is 5.32 Å². The predicted octanol–water partition coefficient (Wildman–Crippen LogP) is 2.80. The largest absolute Gasteiger partial charge is 0.497 e. The first-order valence-electron chi connectivity index (χ1n) is 9.70. The van der Waals surface area contributed by atoms with Gasteiger partial charge in [0.2, 0.25) is 0 Å². The summed E-state index contributed by atoms with van der Waals surface area (Å²) in [5.74, 6) is 0.443. The Kier molecular flexibility index (Phi) is 7.06. The van der Waals surface area contributed by atoms with Gasteiger partial charge in [-0.1, -0.05) is 11.6 Å². The van der Waals surface area contributed by atoms with Crippen LogP contribution in [0, 0.1) is 10.1 Å². The molecule has 0 spiro atoms. The normalized spacial score (nSPS) is 15.5. The predicted molar refractivity (Wildman–Crippen MR) is 111 cm³/mol. The first-order chi connectivity index (χ1) is 14.0. The standard InChI is InChI=1S/C21H24ClN3O4/c1-29-17-8-5-15(6-9-17)20(24-11-3-2-4-12-24)14-23-21(26)16-7-10-18(22)19(13-16)25(27)28/h5-10,13,20H,2-4,11-12,14H2,1H3,(H,23,26)/p+1/t20-/m1/s1. The second kappa shape index (κ2) is 9.71. The van der Waals surface area contributed by atoms with Gasteiger partial charge in [0, 0.05) is 17.2 Å². The van der Waals surface area contributed by atoms with E-state index in [0.29, 0.717) is 6.54 Å². The molecule has 2 N–H and O–H groups in total. The first-order valence-corrected chi connectivity index (χ1v) is 10.1. The van der Waals surface area contributed by atoms with Crippen molar-refractivity contribution >= 4 is 23.2 Å². The number of amides is 1. The molecule has 29 heavy (non-hydrogen) atoms. The van der Waals surface area contributed by atoms with Gasteiger partial charge in [-0.2, -0.15) is 0 Å². The molecular formula is C21H25ClN3O4+. The van der Waals surface area contributed by atoms with Gasteiger partial charge in [0.25, 0.3) is 11.6 Å². The van der Waals surface area contributed by atoms with Crippen LogP contribution in [0.3, 0.4) is 0 Å². The highest BCUT2D eigenvalue weighted by Gasteiger charge is 2.27. The highest BCUT2D eigenvalue weighted by Crippen LogP contribution is 2.25.